The monoisotopic (exact) mass is 433 g/mol. The van der Waals surface area contributed by atoms with E-state index in [0.29, 0.717) is 29.4 Å². The fourth-order valence-corrected chi connectivity index (χ4v) is 6.24. The van der Waals surface area contributed by atoms with E-state index in [-0.39, 0.29) is 17.7 Å². The van der Waals surface area contributed by atoms with Crippen LogP contribution < -0.4 is 4.74 Å². The molecule has 3 aromatic carbocycles. The lowest BCUT2D eigenvalue weighted by molar-refractivity contribution is -0.132. The van der Waals surface area contributed by atoms with E-state index in [1.54, 1.807) is 35.2 Å². The van der Waals surface area contributed by atoms with Gasteiger partial charge < -0.3 is 9.64 Å². The van der Waals surface area contributed by atoms with Gasteiger partial charge in [0, 0.05) is 23.7 Å². The first-order valence-corrected chi connectivity index (χ1v) is 12.1. The third kappa shape index (κ3) is 3.61. The number of hydrogen-bond donors (Lipinski definition) is 0. The molecule has 31 heavy (non-hydrogen) atoms. The van der Waals surface area contributed by atoms with Crippen LogP contribution in [0.15, 0.2) is 83.8 Å². The van der Waals surface area contributed by atoms with Crippen molar-refractivity contribution in [2.45, 2.75) is 29.7 Å². The Labute approximate surface area is 182 Å². The third-order valence-corrected chi connectivity index (χ3v) is 7.92. The molecule has 0 unspecified atom stereocenters. The second-order valence-corrected chi connectivity index (χ2v) is 10.1. The second-order valence-electron chi connectivity index (χ2n) is 8.03. The van der Waals surface area contributed by atoms with E-state index in [1.807, 2.05) is 48.5 Å². The van der Waals surface area contributed by atoms with Gasteiger partial charge in [-0.2, -0.15) is 0 Å². The first kappa shape index (κ1) is 19.8. The molecule has 0 N–H and O–H groups in total. The Balaban J connectivity index is 1.48. The maximum Gasteiger partial charge on any atom is 0.235 e. The van der Waals surface area contributed by atoms with E-state index in [1.165, 1.54) is 0 Å². The molecule has 0 saturated carbocycles. The van der Waals surface area contributed by atoms with E-state index in [4.69, 9.17) is 4.74 Å². The van der Waals surface area contributed by atoms with Crippen LogP contribution in [0.3, 0.4) is 0 Å². The highest BCUT2D eigenvalue weighted by Gasteiger charge is 2.40. The molecule has 0 aliphatic carbocycles. The van der Waals surface area contributed by atoms with Crippen molar-refractivity contribution in [2.24, 2.45) is 0 Å². The van der Waals surface area contributed by atoms with Crippen LogP contribution in [0.2, 0.25) is 0 Å². The summed E-state index contributed by atoms with van der Waals surface area (Å²) in [6.45, 7) is 0.565. The molecule has 1 fully saturated rings. The Hall–Kier alpha value is -3.12. The number of hydrogen-bond acceptors (Lipinski definition) is 4. The molecular formula is C25H23NO4S. The highest BCUT2D eigenvalue weighted by atomic mass is 32.2. The molecule has 2 heterocycles. The minimum atomic E-state index is -3.48. The summed E-state index contributed by atoms with van der Waals surface area (Å²) in [6.07, 6.45) is 1.48. The van der Waals surface area contributed by atoms with Crippen molar-refractivity contribution in [3.05, 3.63) is 90.0 Å². The van der Waals surface area contributed by atoms with Crippen LogP contribution in [0, 0.1) is 0 Å². The quantitative estimate of drug-likeness (QED) is 0.612. The Morgan fingerprint density at radius 2 is 1.45 bits per heavy atom. The zero-order valence-corrected chi connectivity index (χ0v) is 17.8. The highest BCUT2D eigenvalue weighted by molar-refractivity contribution is 7.91. The van der Waals surface area contributed by atoms with Gasteiger partial charge in [-0.05, 0) is 37.1 Å². The van der Waals surface area contributed by atoms with Gasteiger partial charge >= 0.3 is 0 Å². The number of rotatable bonds is 4. The van der Waals surface area contributed by atoms with E-state index in [9.17, 15) is 13.2 Å². The average Bonchev–Trinajstić information content (AvgIpc) is 3.25. The van der Waals surface area contributed by atoms with Gasteiger partial charge in [-0.3, -0.25) is 4.79 Å². The number of carbonyl (C=O) groups excluding carboxylic acids is 1. The fourth-order valence-electron chi connectivity index (χ4n) is 4.62. The molecule has 3 aromatic rings. The zero-order valence-electron chi connectivity index (χ0n) is 17.0. The van der Waals surface area contributed by atoms with Crippen molar-refractivity contribution < 1.29 is 17.9 Å². The number of nitrogens with zero attached hydrogens (tertiary/aromatic N) is 1. The smallest absolute Gasteiger partial charge is 0.235 e. The summed E-state index contributed by atoms with van der Waals surface area (Å²) in [7, 11) is -3.48. The number of para-hydroxylation sites is 2. The maximum atomic E-state index is 13.8. The molecule has 0 bridgehead atoms. The van der Waals surface area contributed by atoms with Gasteiger partial charge in [-0.15, -0.1) is 0 Å². The molecule has 0 radical (unpaired) electrons. The summed E-state index contributed by atoms with van der Waals surface area (Å²) in [5, 5.41) is 0. The van der Waals surface area contributed by atoms with Crippen LogP contribution in [0.4, 0.5) is 0 Å². The Morgan fingerprint density at radius 3 is 2.10 bits per heavy atom. The molecule has 6 heteroatoms. The minimum Gasteiger partial charge on any atom is -0.457 e. The summed E-state index contributed by atoms with van der Waals surface area (Å²) in [5.41, 5.74) is 1.64. The van der Waals surface area contributed by atoms with Crippen molar-refractivity contribution >= 4 is 15.7 Å². The summed E-state index contributed by atoms with van der Waals surface area (Å²) < 4.78 is 32.0. The molecule has 5 nitrogen and oxygen atoms in total. The second kappa shape index (κ2) is 7.85. The van der Waals surface area contributed by atoms with Gasteiger partial charge in [0.05, 0.1) is 16.6 Å². The largest absolute Gasteiger partial charge is 0.457 e. The van der Waals surface area contributed by atoms with E-state index < -0.39 is 15.8 Å². The van der Waals surface area contributed by atoms with Gasteiger partial charge in [0.2, 0.25) is 5.91 Å². The molecule has 2 aliphatic rings. The van der Waals surface area contributed by atoms with Crippen LogP contribution in [0.1, 0.15) is 29.9 Å². The molecule has 158 valence electrons. The number of likely N-dealkylation sites (tertiary alicyclic amines) is 1. The van der Waals surface area contributed by atoms with Gasteiger partial charge in [0.1, 0.15) is 11.5 Å². The first-order chi connectivity index (χ1) is 15.0. The molecule has 1 amide bonds. The third-order valence-electron chi connectivity index (χ3n) is 6.10. The van der Waals surface area contributed by atoms with E-state index >= 15 is 0 Å². The predicted octanol–water partition coefficient (Wildman–Crippen LogP) is 4.39. The number of ether oxygens (including phenoxy) is 1. The molecule has 0 spiro atoms. The summed E-state index contributed by atoms with van der Waals surface area (Å²) in [6, 6.07) is 23.3. The summed E-state index contributed by atoms with van der Waals surface area (Å²) in [5.74, 6) is 0.726. The van der Waals surface area contributed by atoms with Gasteiger partial charge in [0.15, 0.2) is 9.84 Å². The summed E-state index contributed by atoms with van der Waals surface area (Å²) >= 11 is 0. The standard InChI is InChI=1S/C25H23NO4S/c27-25(24-20-12-4-6-14-22(20)30-23-15-7-5-13-21(23)24)26-16-8-9-18(26)17-31(28,29)19-10-2-1-3-11-19/h1-7,10-15,18,24H,8-9,16-17H2/t18-/m1/s1. The highest BCUT2D eigenvalue weighted by Crippen LogP contribution is 2.45. The van der Waals surface area contributed by atoms with E-state index in [0.717, 1.165) is 17.5 Å². The number of fused-ring (bicyclic) bond motifs is 2. The molecule has 5 rings (SSSR count). The number of amides is 1. The van der Waals surface area contributed by atoms with Crippen LogP contribution in [0.5, 0.6) is 11.5 Å². The van der Waals surface area contributed by atoms with Crippen LogP contribution >= 0.6 is 0 Å². The van der Waals surface area contributed by atoms with Gasteiger partial charge in [-0.25, -0.2) is 8.42 Å². The van der Waals surface area contributed by atoms with Crippen LogP contribution in [0.25, 0.3) is 0 Å². The minimum absolute atomic E-state index is 0.0603. The molecular weight excluding hydrogens is 410 g/mol. The molecule has 1 atom stereocenters. The van der Waals surface area contributed by atoms with Crippen LogP contribution in [-0.2, 0) is 14.6 Å². The average molecular weight is 434 g/mol. The van der Waals surface area contributed by atoms with Crippen LogP contribution in [-0.4, -0.2) is 37.6 Å². The van der Waals surface area contributed by atoms with Crippen molar-refractivity contribution in [1.82, 2.24) is 4.90 Å². The lowest BCUT2D eigenvalue weighted by atomic mass is 9.86. The Morgan fingerprint density at radius 1 is 0.871 bits per heavy atom. The zero-order chi connectivity index (χ0) is 21.4. The molecule has 2 aliphatic heterocycles. The lowest BCUT2D eigenvalue weighted by Gasteiger charge is -2.33. The fraction of sp³-hybridized carbons (Fsp3) is 0.240. The van der Waals surface area contributed by atoms with Crippen molar-refractivity contribution in [3.63, 3.8) is 0 Å². The summed E-state index contributed by atoms with van der Waals surface area (Å²) in [4.78, 5) is 15.9. The Kier molecular flexibility index (Phi) is 5.02. The Bertz CT molecular complexity index is 1180. The van der Waals surface area contributed by atoms with Gasteiger partial charge in [0.25, 0.3) is 0 Å². The van der Waals surface area contributed by atoms with Crippen molar-refractivity contribution in [1.29, 1.82) is 0 Å². The lowest BCUT2D eigenvalue weighted by Crippen LogP contribution is -2.42. The first-order valence-electron chi connectivity index (χ1n) is 10.5. The van der Waals surface area contributed by atoms with Gasteiger partial charge in [-0.1, -0.05) is 54.6 Å². The van der Waals surface area contributed by atoms with Crippen molar-refractivity contribution in [3.8, 4) is 11.5 Å². The molecule has 0 aromatic heterocycles. The SMILES string of the molecule is O=C(C1c2ccccc2Oc2ccccc21)N1CCC[C@@H]1CS(=O)(=O)c1ccccc1. The predicted molar refractivity (Wildman–Crippen MR) is 118 cm³/mol. The maximum absolute atomic E-state index is 13.8. The van der Waals surface area contributed by atoms with E-state index in [2.05, 4.69) is 0 Å². The number of benzene rings is 3. The number of carbonyl (C=O) groups is 1. The normalized spacial score (nSPS) is 18.2. The topological polar surface area (TPSA) is 63.7 Å². The molecule has 1 saturated heterocycles. The number of sulfone groups is 1. The van der Waals surface area contributed by atoms with Crippen molar-refractivity contribution in [2.75, 3.05) is 12.3 Å².